The molecule has 1 aromatic carbocycles. The Morgan fingerprint density at radius 3 is 2.74 bits per heavy atom. The van der Waals surface area contributed by atoms with Crippen LogP contribution in [-0.2, 0) is 12.0 Å². The van der Waals surface area contributed by atoms with Gasteiger partial charge in [0.15, 0.2) is 11.5 Å². The third-order valence-electron chi connectivity index (χ3n) is 5.34. The molecule has 0 saturated heterocycles. The van der Waals surface area contributed by atoms with Crippen LogP contribution in [0.2, 0.25) is 0 Å². The van der Waals surface area contributed by atoms with Gasteiger partial charge < -0.3 is 20.5 Å². The SMILES string of the molecule is Cl.NCc1nc(C(=O)NCC2(c3ccc4c(c3)OCO4)CCCCC2)cs1. The number of nitrogens with zero attached hydrogens (tertiary/aromatic N) is 1. The van der Waals surface area contributed by atoms with Crippen molar-refractivity contribution >= 4 is 29.7 Å². The van der Waals surface area contributed by atoms with Gasteiger partial charge in [0.05, 0.1) is 0 Å². The average Bonchev–Trinajstić information content (AvgIpc) is 3.35. The van der Waals surface area contributed by atoms with Gasteiger partial charge in [-0.25, -0.2) is 4.98 Å². The third-order valence-corrected chi connectivity index (χ3v) is 6.21. The number of amides is 1. The Bertz CT molecular complexity index is 805. The minimum absolute atomic E-state index is 0. The molecular weight excluding hydrogens is 386 g/mol. The number of aromatic nitrogens is 1. The molecule has 1 amide bonds. The lowest BCUT2D eigenvalue weighted by Gasteiger charge is -2.38. The second-order valence-corrected chi connectivity index (χ2v) is 7.86. The Balaban J connectivity index is 0.00000210. The number of nitrogens with one attached hydrogen (secondary N) is 1. The summed E-state index contributed by atoms with van der Waals surface area (Å²) < 4.78 is 11.0. The first-order valence-electron chi connectivity index (χ1n) is 9.03. The van der Waals surface area contributed by atoms with Gasteiger partial charge in [-0.2, -0.15) is 0 Å². The van der Waals surface area contributed by atoms with Gasteiger partial charge in [0.25, 0.3) is 5.91 Å². The van der Waals surface area contributed by atoms with Gasteiger partial charge >= 0.3 is 0 Å². The number of nitrogens with two attached hydrogens (primary N) is 1. The van der Waals surface area contributed by atoms with E-state index in [1.54, 1.807) is 5.38 Å². The summed E-state index contributed by atoms with van der Waals surface area (Å²) in [6.45, 7) is 1.23. The summed E-state index contributed by atoms with van der Waals surface area (Å²) in [4.78, 5) is 16.8. The first-order valence-corrected chi connectivity index (χ1v) is 9.91. The molecule has 1 aliphatic carbocycles. The summed E-state index contributed by atoms with van der Waals surface area (Å²) in [6, 6.07) is 6.17. The number of halogens is 1. The predicted octanol–water partition coefficient (Wildman–Crippen LogP) is 3.38. The Hall–Kier alpha value is -1.83. The molecule has 6 nitrogen and oxygen atoms in total. The molecule has 2 heterocycles. The van der Waals surface area contributed by atoms with Crippen molar-refractivity contribution in [2.45, 2.75) is 44.1 Å². The smallest absolute Gasteiger partial charge is 0.270 e. The molecule has 1 fully saturated rings. The molecule has 0 radical (unpaired) electrons. The lowest BCUT2D eigenvalue weighted by molar-refractivity contribution is 0.0932. The highest BCUT2D eigenvalue weighted by Gasteiger charge is 2.35. The number of thiazole rings is 1. The van der Waals surface area contributed by atoms with E-state index < -0.39 is 0 Å². The predicted molar refractivity (Wildman–Crippen MR) is 107 cm³/mol. The summed E-state index contributed by atoms with van der Waals surface area (Å²) in [5.74, 6) is 1.46. The van der Waals surface area contributed by atoms with Crippen LogP contribution < -0.4 is 20.5 Å². The molecule has 146 valence electrons. The molecule has 1 aromatic heterocycles. The van der Waals surface area contributed by atoms with E-state index >= 15 is 0 Å². The van der Waals surface area contributed by atoms with Crippen molar-refractivity contribution in [2.24, 2.45) is 5.73 Å². The fourth-order valence-electron chi connectivity index (χ4n) is 3.87. The van der Waals surface area contributed by atoms with Crippen LogP contribution in [0.15, 0.2) is 23.6 Å². The fourth-order valence-corrected chi connectivity index (χ4v) is 4.53. The van der Waals surface area contributed by atoms with Crippen molar-refractivity contribution in [3.63, 3.8) is 0 Å². The molecule has 4 rings (SSSR count). The number of fused-ring (bicyclic) bond motifs is 1. The van der Waals surface area contributed by atoms with Crippen molar-refractivity contribution in [3.8, 4) is 11.5 Å². The fraction of sp³-hybridized carbons (Fsp3) is 0.474. The van der Waals surface area contributed by atoms with E-state index in [1.165, 1.54) is 36.2 Å². The van der Waals surface area contributed by atoms with Gasteiger partial charge in [-0.15, -0.1) is 23.7 Å². The third kappa shape index (κ3) is 4.05. The molecule has 0 unspecified atom stereocenters. The van der Waals surface area contributed by atoms with Crippen LogP contribution in [0.1, 0.15) is 53.2 Å². The van der Waals surface area contributed by atoms with Crippen LogP contribution in [0, 0.1) is 0 Å². The van der Waals surface area contributed by atoms with Gasteiger partial charge in [0.1, 0.15) is 10.7 Å². The number of rotatable bonds is 5. The largest absolute Gasteiger partial charge is 0.454 e. The number of hydrogen-bond donors (Lipinski definition) is 2. The van der Waals surface area contributed by atoms with Gasteiger partial charge in [-0.3, -0.25) is 4.79 Å². The summed E-state index contributed by atoms with van der Waals surface area (Å²) in [6.07, 6.45) is 5.68. The maximum Gasteiger partial charge on any atom is 0.270 e. The van der Waals surface area contributed by atoms with E-state index in [-0.39, 0.29) is 30.5 Å². The number of carbonyl (C=O) groups excluding carboxylic acids is 1. The lowest BCUT2D eigenvalue weighted by atomic mass is 9.69. The Kier molecular flexibility index (Phi) is 6.24. The minimum atomic E-state index is -0.133. The van der Waals surface area contributed by atoms with Crippen molar-refractivity contribution in [1.29, 1.82) is 0 Å². The van der Waals surface area contributed by atoms with Crippen molar-refractivity contribution in [1.82, 2.24) is 10.3 Å². The molecule has 0 atom stereocenters. The first kappa shape index (κ1) is 19.9. The molecule has 0 spiro atoms. The van der Waals surface area contributed by atoms with Crippen molar-refractivity contribution < 1.29 is 14.3 Å². The van der Waals surface area contributed by atoms with Crippen LogP contribution >= 0.6 is 23.7 Å². The number of ether oxygens (including phenoxy) is 2. The van der Waals surface area contributed by atoms with Crippen LogP contribution in [0.5, 0.6) is 11.5 Å². The van der Waals surface area contributed by atoms with Gasteiger partial charge in [-0.1, -0.05) is 25.3 Å². The van der Waals surface area contributed by atoms with Crippen LogP contribution in [0.4, 0.5) is 0 Å². The monoisotopic (exact) mass is 409 g/mol. The highest BCUT2D eigenvalue weighted by Crippen LogP contribution is 2.43. The molecule has 27 heavy (non-hydrogen) atoms. The zero-order chi connectivity index (χ0) is 18.0. The van der Waals surface area contributed by atoms with E-state index in [4.69, 9.17) is 15.2 Å². The number of benzene rings is 1. The molecular formula is C19H24ClN3O3S. The maximum absolute atomic E-state index is 12.5. The van der Waals surface area contributed by atoms with Gasteiger partial charge in [0, 0.05) is 23.9 Å². The Labute approximate surface area is 168 Å². The van der Waals surface area contributed by atoms with E-state index in [2.05, 4.69) is 22.4 Å². The zero-order valence-electron chi connectivity index (χ0n) is 15.0. The summed E-state index contributed by atoms with van der Waals surface area (Å²) in [5.41, 5.74) is 7.18. The van der Waals surface area contributed by atoms with Crippen molar-refractivity contribution in [2.75, 3.05) is 13.3 Å². The van der Waals surface area contributed by atoms with Crippen molar-refractivity contribution in [3.05, 3.63) is 39.8 Å². The molecule has 8 heteroatoms. The van der Waals surface area contributed by atoms with E-state index in [9.17, 15) is 4.79 Å². The zero-order valence-corrected chi connectivity index (χ0v) is 16.7. The van der Waals surface area contributed by atoms with Crippen LogP contribution in [0.3, 0.4) is 0 Å². The second-order valence-electron chi connectivity index (χ2n) is 6.92. The molecule has 2 aliphatic rings. The van der Waals surface area contributed by atoms with E-state index in [0.717, 1.165) is 29.3 Å². The minimum Gasteiger partial charge on any atom is -0.454 e. The molecule has 2 aromatic rings. The van der Waals surface area contributed by atoms with E-state index in [0.29, 0.717) is 18.8 Å². The summed E-state index contributed by atoms with van der Waals surface area (Å²) >= 11 is 1.42. The summed E-state index contributed by atoms with van der Waals surface area (Å²) in [5, 5.41) is 5.65. The molecule has 1 aliphatic heterocycles. The molecule has 3 N–H and O–H groups in total. The average molecular weight is 410 g/mol. The van der Waals surface area contributed by atoms with Gasteiger partial charge in [-0.05, 0) is 30.5 Å². The van der Waals surface area contributed by atoms with Crippen LogP contribution in [0.25, 0.3) is 0 Å². The number of hydrogen-bond acceptors (Lipinski definition) is 6. The normalized spacial score (nSPS) is 17.2. The summed E-state index contributed by atoms with van der Waals surface area (Å²) in [7, 11) is 0. The maximum atomic E-state index is 12.5. The highest BCUT2D eigenvalue weighted by atomic mass is 35.5. The quantitative estimate of drug-likeness (QED) is 0.790. The second kappa shape index (κ2) is 8.46. The topological polar surface area (TPSA) is 86.5 Å². The van der Waals surface area contributed by atoms with E-state index in [1.807, 2.05) is 6.07 Å². The molecule has 1 saturated carbocycles. The number of carbonyl (C=O) groups is 1. The molecule has 0 bridgehead atoms. The standard InChI is InChI=1S/C19H23N3O3S.ClH/c20-9-17-22-14(10-26-17)18(23)21-11-19(6-2-1-3-7-19)13-4-5-15-16(8-13)25-12-24-15;/h4-5,8,10H,1-3,6-7,9,11-12,20H2,(H,21,23);1H. The van der Waals surface area contributed by atoms with Gasteiger partial charge in [0.2, 0.25) is 6.79 Å². The Morgan fingerprint density at radius 1 is 1.22 bits per heavy atom. The lowest BCUT2D eigenvalue weighted by Crippen LogP contribution is -2.42. The van der Waals surface area contributed by atoms with Crippen LogP contribution in [-0.4, -0.2) is 24.2 Å². The first-order chi connectivity index (χ1) is 12.7. The highest BCUT2D eigenvalue weighted by molar-refractivity contribution is 7.09. The Morgan fingerprint density at radius 2 is 2.00 bits per heavy atom.